The Morgan fingerprint density at radius 2 is 2.04 bits per heavy atom. The summed E-state index contributed by atoms with van der Waals surface area (Å²) >= 11 is 1.12. The number of para-hydroxylation sites is 2. The van der Waals surface area contributed by atoms with Gasteiger partial charge in [-0.25, -0.2) is 8.42 Å². The lowest BCUT2D eigenvalue weighted by molar-refractivity contribution is -0.119. The van der Waals surface area contributed by atoms with E-state index in [0.717, 1.165) is 28.5 Å². The number of rotatable bonds is 7. The predicted molar refractivity (Wildman–Crippen MR) is 93.0 cm³/mol. The summed E-state index contributed by atoms with van der Waals surface area (Å²) in [6, 6.07) is 10.1. The number of benzene rings is 1. The molecule has 0 spiro atoms. The van der Waals surface area contributed by atoms with Crippen molar-refractivity contribution in [3.05, 3.63) is 41.8 Å². The van der Waals surface area contributed by atoms with Crippen molar-refractivity contribution in [1.82, 2.24) is 5.32 Å². The van der Waals surface area contributed by atoms with E-state index in [0.29, 0.717) is 11.4 Å². The number of nitrogens with zero attached hydrogens (tertiary/aromatic N) is 1. The summed E-state index contributed by atoms with van der Waals surface area (Å²) in [7, 11) is -2.37. The molecule has 8 heteroatoms. The second-order valence-electron chi connectivity index (χ2n) is 5.46. The topological polar surface area (TPSA) is 75.7 Å². The number of amides is 1. The van der Waals surface area contributed by atoms with Gasteiger partial charge in [0.1, 0.15) is 16.5 Å². The summed E-state index contributed by atoms with van der Waals surface area (Å²) in [6.45, 7) is -0.281. The van der Waals surface area contributed by atoms with Crippen molar-refractivity contribution in [2.24, 2.45) is 0 Å². The minimum atomic E-state index is -3.84. The zero-order valence-corrected chi connectivity index (χ0v) is 14.8. The Morgan fingerprint density at radius 1 is 1.29 bits per heavy atom. The highest BCUT2D eigenvalue weighted by atomic mass is 32.2. The quantitative estimate of drug-likeness (QED) is 0.815. The number of anilines is 1. The van der Waals surface area contributed by atoms with Gasteiger partial charge in [-0.15, -0.1) is 11.3 Å². The van der Waals surface area contributed by atoms with E-state index < -0.39 is 10.0 Å². The Balaban J connectivity index is 1.98. The highest BCUT2D eigenvalue weighted by Gasteiger charge is 2.31. The number of carbonyl (C=O) groups excluding carboxylic acids is 1. The van der Waals surface area contributed by atoms with Gasteiger partial charge in [0, 0.05) is 6.04 Å². The molecule has 3 rings (SSSR count). The van der Waals surface area contributed by atoms with Crippen molar-refractivity contribution < 1.29 is 17.9 Å². The van der Waals surface area contributed by atoms with E-state index in [9.17, 15) is 13.2 Å². The van der Waals surface area contributed by atoms with Gasteiger partial charge in [0.15, 0.2) is 0 Å². The summed E-state index contributed by atoms with van der Waals surface area (Å²) in [5.41, 5.74) is 0.347. The molecule has 2 aromatic rings. The lowest BCUT2D eigenvalue weighted by Crippen LogP contribution is -2.41. The Hall–Kier alpha value is -2.06. The Labute approximate surface area is 145 Å². The van der Waals surface area contributed by atoms with Gasteiger partial charge in [-0.2, -0.15) is 0 Å². The van der Waals surface area contributed by atoms with Crippen molar-refractivity contribution >= 4 is 33.0 Å². The van der Waals surface area contributed by atoms with E-state index in [1.54, 1.807) is 35.7 Å². The molecule has 1 amide bonds. The van der Waals surface area contributed by atoms with Crippen LogP contribution in [0.15, 0.2) is 46.0 Å². The van der Waals surface area contributed by atoms with Gasteiger partial charge in [0.25, 0.3) is 10.0 Å². The number of thiophene rings is 1. The molecular weight excluding hydrogens is 348 g/mol. The Bertz CT molecular complexity index is 814. The number of sulfonamides is 1. The number of nitrogens with one attached hydrogen (secondary N) is 1. The molecule has 1 aliphatic carbocycles. The van der Waals surface area contributed by atoms with E-state index in [1.165, 1.54) is 13.2 Å². The van der Waals surface area contributed by atoms with Crippen LogP contribution in [0, 0.1) is 0 Å². The molecule has 1 aromatic carbocycles. The van der Waals surface area contributed by atoms with Gasteiger partial charge in [0.2, 0.25) is 5.91 Å². The zero-order valence-electron chi connectivity index (χ0n) is 13.1. The first-order valence-corrected chi connectivity index (χ1v) is 9.83. The third kappa shape index (κ3) is 3.54. The number of hydrogen-bond donors (Lipinski definition) is 1. The molecule has 0 atom stereocenters. The molecule has 0 unspecified atom stereocenters. The van der Waals surface area contributed by atoms with Gasteiger partial charge < -0.3 is 10.1 Å². The summed E-state index contributed by atoms with van der Waals surface area (Å²) in [6.07, 6.45) is 1.89. The number of ether oxygens (including phenoxy) is 1. The largest absolute Gasteiger partial charge is 0.495 e. The highest BCUT2D eigenvalue weighted by molar-refractivity contribution is 7.94. The normalized spacial score (nSPS) is 14.2. The van der Waals surface area contributed by atoms with Gasteiger partial charge in [0.05, 0.1) is 12.8 Å². The average molecular weight is 366 g/mol. The molecule has 1 aromatic heterocycles. The summed E-state index contributed by atoms with van der Waals surface area (Å²) in [4.78, 5) is 12.2. The summed E-state index contributed by atoms with van der Waals surface area (Å²) in [5.74, 6) is 0.0837. The van der Waals surface area contributed by atoms with Gasteiger partial charge in [-0.1, -0.05) is 18.2 Å². The summed E-state index contributed by atoms with van der Waals surface area (Å²) in [5, 5.41) is 4.52. The average Bonchev–Trinajstić information content (AvgIpc) is 3.20. The second kappa shape index (κ2) is 6.82. The van der Waals surface area contributed by atoms with Gasteiger partial charge >= 0.3 is 0 Å². The van der Waals surface area contributed by atoms with Crippen molar-refractivity contribution in [2.75, 3.05) is 18.0 Å². The first-order chi connectivity index (χ1) is 11.5. The highest BCUT2D eigenvalue weighted by Crippen LogP contribution is 2.33. The molecule has 1 N–H and O–H groups in total. The van der Waals surface area contributed by atoms with E-state index >= 15 is 0 Å². The molecule has 1 heterocycles. The molecule has 1 fully saturated rings. The molecular formula is C16H18N2O4S2. The van der Waals surface area contributed by atoms with Gasteiger partial charge in [-0.3, -0.25) is 9.10 Å². The van der Waals surface area contributed by atoms with Crippen LogP contribution in [0.5, 0.6) is 5.75 Å². The monoisotopic (exact) mass is 366 g/mol. The lowest BCUT2D eigenvalue weighted by Gasteiger charge is -2.24. The van der Waals surface area contributed by atoms with Crippen LogP contribution in [0.1, 0.15) is 12.8 Å². The number of carbonyl (C=O) groups is 1. The van der Waals surface area contributed by atoms with E-state index in [-0.39, 0.29) is 22.7 Å². The van der Waals surface area contributed by atoms with Crippen LogP contribution in [0.25, 0.3) is 0 Å². The number of methoxy groups -OCH3 is 1. The first kappa shape index (κ1) is 16.8. The maximum absolute atomic E-state index is 13.0. The van der Waals surface area contributed by atoms with Crippen LogP contribution in [0.3, 0.4) is 0 Å². The van der Waals surface area contributed by atoms with Crippen LogP contribution in [-0.4, -0.2) is 34.0 Å². The molecule has 128 valence electrons. The lowest BCUT2D eigenvalue weighted by atomic mass is 10.3. The molecule has 0 radical (unpaired) electrons. The fourth-order valence-corrected chi connectivity index (χ4v) is 4.82. The molecule has 0 saturated heterocycles. The fraction of sp³-hybridized carbons (Fsp3) is 0.312. The standard InChI is InChI=1S/C16H18N2O4S2/c1-22-14-6-3-2-5-13(14)18(11-15(19)17-12-8-9-12)24(20,21)16-7-4-10-23-16/h2-7,10,12H,8-9,11H2,1H3,(H,17,19). The third-order valence-corrected chi connectivity index (χ3v) is 6.76. The minimum Gasteiger partial charge on any atom is -0.495 e. The van der Waals surface area contributed by atoms with Crippen LogP contribution in [-0.2, 0) is 14.8 Å². The molecule has 0 aliphatic heterocycles. The van der Waals surface area contributed by atoms with Crippen LogP contribution >= 0.6 is 11.3 Å². The molecule has 1 aliphatic rings. The maximum Gasteiger partial charge on any atom is 0.274 e. The number of hydrogen-bond acceptors (Lipinski definition) is 5. The fourth-order valence-electron chi connectivity index (χ4n) is 2.29. The summed E-state index contributed by atoms with van der Waals surface area (Å²) < 4.78 is 32.6. The van der Waals surface area contributed by atoms with Crippen molar-refractivity contribution in [3.8, 4) is 5.75 Å². The molecule has 6 nitrogen and oxygen atoms in total. The molecule has 24 heavy (non-hydrogen) atoms. The smallest absolute Gasteiger partial charge is 0.274 e. The maximum atomic E-state index is 13.0. The Morgan fingerprint density at radius 3 is 2.67 bits per heavy atom. The second-order valence-corrected chi connectivity index (χ2v) is 8.49. The minimum absolute atomic E-state index is 0.168. The van der Waals surface area contributed by atoms with Crippen LogP contribution in [0.4, 0.5) is 5.69 Å². The Kier molecular flexibility index (Phi) is 4.77. The molecule has 1 saturated carbocycles. The SMILES string of the molecule is COc1ccccc1N(CC(=O)NC1CC1)S(=O)(=O)c1cccs1. The van der Waals surface area contributed by atoms with E-state index in [1.807, 2.05) is 0 Å². The zero-order chi connectivity index (χ0) is 17.2. The van der Waals surface area contributed by atoms with Gasteiger partial charge in [-0.05, 0) is 36.4 Å². The van der Waals surface area contributed by atoms with Crippen LogP contribution < -0.4 is 14.4 Å². The van der Waals surface area contributed by atoms with E-state index in [4.69, 9.17) is 4.74 Å². The van der Waals surface area contributed by atoms with Crippen LogP contribution in [0.2, 0.25) is 0 Å². The van der Waals surface area contributed by atoms with Crippen molar-refractivity contribution in [2.45, 2.75) is 23.1 Å². The van der Waals surface area contributed by atoms with E-state index in [2.05, 4.69) is 5.32 Å². The predicted octanol–water partition coefficient (Wildman–Crippen LogP) is 2.23. The first-order valence-electron chi connectivity index (χ1n) is 7.51. The third-order valence-electron chi connectivity index (χ3n) is 3.62. The van der Waals surface area contributed by atoms with Crippen molar-refractivity contribution in [3.63, 3.8) is 0 Å². The molecule has 0 bridgehead atoms. The van der Waals surface area contributed by atoms with Crippen molar-refractivity contribution in [1.29, 1.82) is 0 Å².